The third-order valence-electron chi connectivity index (χ3n) is 3.37. The van der Waals surface area contributed by atoms with Crippen LogP contribution in [0.5, 0.6) is 5.75 Å². The van der Waals surface area contributed by atoms with E-state index in [1.807, 2.05) is 23.4 Å². The lowest BCUT2D eigenvalue weighted by Gasteiger charge is -2.35. The van der Waals surface area contributed by atoms with Crippen molar-refractivity contribution in [2.75, 3.05) is 27.2 Å². The van der Waals surface area contributed by atoms with Gasteiger partial charge in [0.05, 0.1) is 7.11 Å². The molecule has 2 rings (SSSR count). The largest absolute Gasteiger partial charge is 0.495 e. The molecule has 1 amide bonds. The molecular formula is C13H20N2O2S. The Kier molecular flexibility index (Phi) is 4.60. The summed E-state index contributed by atoms with van der Waals surface area (Å²) in [5, 5.41) is 5.08. The SMILES string of the molecule is CNCC1CCCCN1C(=O)c1sccc1OC. The Morgan fingerprint density at radius 1 is 1.61 bits per heavy atom. The fourth-order valence-electron chi connectivity index (χ4n) is 2.46. The molecule has 0 bridgehead atoms. The van der Waals surface area contributed by atoms with Gasteiger partial charge in [-0.05, 0) is 37.8 Å². The first-order valence-electron chi connectivity index (χ1n) is 6.35. The molecule has 0 aromatic carbocycles. The van der Waals surface area contributed by atoms with Gasteiger partial charge in [-0.3, -0.25) is 4.79 Å². The molecule has 5 heteroatoms. The molecule has 0 aliphatic carbocycles. The summed E-state index contributed by atoms with van der Waals surface area (Å²) in [5.74, 6) is 0.806. The Morgan fingerprint density at radius 2 is 2.44 bits per heavy atom. The van der Waals surface area contributed by atoms with Crippen LogP contribution in [0.15, 0.2) is 11.4 Å². The summed E-state index contributed by atoms with van der Waals surface area (Å²) in [7, 11) is 3.54. The lowest BCUT2D eigenvalue weighted by molar-refractivity contribution is 0.0617. The highest BCUT2D eigenvalue weighted by Crippen LogP contribution is 2.28. The molecule has 100 valence electrons. The van der Waals surface area contributed by atoms with E-state index in [4.69, 9.17) is 4.74 Å². The van der Waals surface area contributed by atoms with Gasteiger partial charge < -0.3 is 15.0 Å². The van der Waals surface area contributed by atoms with Crippen LogP contribution in [0.2, 0.25) is 0 Å². The first-order chi connectivity index (χ1) is 8.77. The standard InChI is InChI=1S/C13H20N2O2S/c1-14-9-10-5-3-4-7-15(10)13(16)12-11(17-2)6-8-18-12/h6,8,10,14H,3-5,7,9H2,1-2H3. The molecule has 1 aromatic rings. The monoisotopic (exact) mass is 268 g/mol. The van der Waals surface area contributed by atoms with Gasteiger partial charge in [-0.1, -0.05) is 0 Å². The number of likely N-dealkylation sites (tertiary alicyclic amines) is 1. The normalized spacial score (nSPS) is 19.9. The van der Waals surface area contributed by atoms with Crippen LogP contribution in [-0.2, 0) is 0 Å². The number of likely N-dealkylation sites (N-methyl/N-ethyl adjacent to an activating group) is 1. The van der Waals surface area contributed by atoms with Crippen molar-refractivity contribution in [3.8, 4) is 5.75 Å². The van der Waals surface area contributed by atoms with E-state index in [1.54, 1.807) is 7.11 Å². The summed E-state index contributed by atoms with van der Waals surface area (Å²) >= 11 is 1.46. The number of thiophene rings is 1. The van der Waals surface area contributed by atoms with E-state index in [2.05, 4.69) is 5.32 Å². The maximum atomic E-state index is 12.6. The van der Waals surface area contributed by atoms with Gasteiger partial charge in [-0.2, -0.15) is 0 Å². The fourth-order valence-corrected chi connectivity index (χ4v) is 3.27. The van der Waals surface area contributed by atoms with Gasteiger partial charge in [0, 0.05) is 19.1 Å². The third kappa shape index (κ3) is 2.67. The summed E-state index contributed by atoms with van der Waals surface area (Å²) in [6, 6.07) is 2.16. The van der Waals surface area contributed by atoms with Gasteiger partial charge in [-0.25, -0.2) is 0 Å². The Balaban J connectivity index is 2.15. The van der Waals surface area contributed by atoms with E-state index < -0.39 is 0 Å². The van der Waals surface area contributed by atoms with E-state index in [1.165, 1.54) is 17.8 Å². The van der Waals surface area contributed by atoms with Crippen LogP contribution in [0.4, 0.5) is 0 Å². The lowest BCUT2D eigenvalue weighted by atomic mass is 10.0. The molecule has 0 spiro atoms. The molecule has 4 nitrogen and oxygen atoms in total. The van der Waals surface area contributed by atoms with E-state index in [0.29, 0.717) is 11.8 Å². The highest BCUT2D eigenvalue weighted by molar-refractivity contribution is 7.12. The predicted octanol–water partition coefficient (Wildman–Crippen LogP) is 1.97. The van der Waals surface area contributed by atoms with Gasteiger partial charge >= 0.3 is 0 Å². The lowest BCUT2D eigenvalue weighted by Crippen LogP contribution is -2.47. The van der Waals surface area contributed by atoms with Crippen LogP contribution in [0.1, 0.15) is 28.9 Å². The molecule has 0 radical (unpaired) electrons. The summed E-state index contributed by atoms with van der Waals surface area (Å²) in [6.45, 7) is 1.71. The highest BCUT2D eigenvalue weighted by atomic mass is 32.1. The first kappa shape index (κ1) is 13.4. The van der Waals surface area contributed by atoms with Crippen LogP contribution in [-0.4, -0.2) is 44.1 Å². The van der Waals surface area contributed by atoms with E-state index in [-0.39, 0.29) is 5.91 Å². The number of carbonyl (C=O) groups excluding carboxylic acids is 1. The third-order valence-corrected chi connectivity index (χ3v) is 4.25. The van der Waals surface area contributed by atoms with Crippen LogP contribution in [0, 0.1) is 0 Å². The Hall–Kier alpha value is -1.07. The number of piperidine rings is 1. The Morgan fingerprint density at radius 3 is 3.17 bits per heavy atom. The quantitative estimate of drug-likeness (QED) is 0.908. The van der Waals surface area contributed by atoms with Crippen molar-refractivity contribution in [1.82, 2.24) is 10.2 Å². The molecule has 2 heterocycles. The van der Waals surface area contributed by atoms with Crippen molar-refractivity contribution in [1.29, 1.82) is 0 Å². The van der Waals surface area contributed by atoms with Crippen molar-refractivity contribution < 1.29 is 9.53 Å². The predicted molar refractivity (Wildman–Crippen MR) is 73.5 cm³/mol. The van der Waals surface area contributed by atoms with Gasteiger partial charge in [0.15, 0.2) is 0 Å². The second-order valence-corrected chi connectivity index (χ2v) is 5.44. The van der Waals surface area contributed by atoms with Crippen LogP contribution in [0.25, 0.3) is 0 Å². The van der Waals surface area contributed by atoms with Crippen molar-refractivity contribution in [3.05, 3.63) is 16.3 Å². The molecule has 1 aromatic heterocycles. The van der Waals surface area contributed by atoms with Crippen molar-refractivity contribution in [3.63, 3.8) is 0 Å². The zero-order valence-electron chi connectivity index (χ0n) is 10.9. The van der Waals surface area contributed by atoms with Gasteiger partial charge in [0.2, 0.25) is 0 Å². The summed E-state index contributed by atoms with van der Waals surface area (Å²) in [4.78, 5) is 15.3. The number of hydrogen-bond donors (Lipinski definition) is 1. The molecule has 0 saturated carbocycles. The molecule has 1 fully saturated rings. The number of nitrogens with one attached hydrogen (secondary N) is 1. The fraction of sp³-hybridized carbons (Fsp3) is 0.615. The van der Waals surface area contributed by atoms with Crippen LogP contribution >= 0.6 is 11.3 Å². The Bertz CT molecular complexity index is 403. The number of carbonyl (C=O) groups is 1. The second kappa shape index (κ2) is 6.20. The molecule has 1 atom stereocenters. The Labute approximate surface area is 112 Å². The molecular weight excluding hydrogens is 248 g/mol. The number of ether oxygens (including phenoxy) is 1. The average Bonchev–Trinajstić information content (AvgIpc) is 2.87. The molecule has 1 saturated heterocycles. The molecule has 1 aliphatic rings. The van der Waals surface area contributed by atoms with Crippen molar-refractivity contribution >= 4 is 17.2 Å². The molecule has 1 aliphatic heterocycles. The van der Waals surface area contributed by atoms with Crippen LogP contribution < -0.4 is 10.1 Å². The summed E-state index contributed by atoms with van der Waals surface area (Å²) in [5.41, 5.74) is 0. The highest BCUT2D eigenvalue weighted by Gasteiger charge is 2.29. The minimum absolute atomic E-state index is 0.113. The minimum atomic E-state index is 0.113. The number of amides is 1. The van der Waals surface area contributed by atoms with Gasteiger partial charge in [0.1, 0.15) is 10.6 Å². The minimum Gasteiger partial charge on any atom is -0.495 e. The van der Waals surface area contributed by atoms with Gasteiger partial charge in [-0.15, -0.1) is 11.3 Å². The number of methoxy groups -OCH3 is 1. The zero-order valence-corrected chi connectivity index (χ0v) is 11.8. The van der Waals surface area contributed by atoms with Gasteiger partial charge in [0.25, 0.3) is 5.91 Å². The van der Waals surface area contributed by atoms with E-state index >= 15 is 0 Å². The van der Waals surface area contributed by atoms with E-state index in [9.17, 15) is 4.79 Å². The van der Waals surface area contributed by atoms with Crippen LogP contribution in [0.3, 0.4) is 0 Å². The molecule has 1 N–H and O–H groups in total. The summed E-state index contributed by atoms with van der Waals surface area (Å²) in [6.07, 6.45) is 3.39. The number of rotatable bonds is 4. The van der Waals surface area contributed by atoms with E-state index in [0.717, 1.165) is 30.8 Å². The van der Waals surface area contributed by atoms with Crippen molar-refractivity contribution in [2.24, 2.45) is 0 Å². The first-order valence-corrected chi connectivity index (χ1v) is 7.23. The maximum Gasteiger partial charge on any atom is 0.268 e. The summed E-state index contributed by atoms with van der Waals surface area (Å²) < 4.78 is 5.24. The number of hydrogen-bond acceptors (Lipinski definition) is 4. The zero-order chi connectivity index (χ0) is 13.0. The molecule has 1 unspecified atom stereocenters. The molecule has 18 heavy (non-hydrogen) atoms. The smallest absolute Gasteiger partial charge is 0.268 e. The average molecular weight is 268 g/mol. The maximum absolute atomic E-state index is 12.6. The number of nitrogens with zero attached hydrogens (tertiary/aromatic N) is 1. The second-order valence-electron chi connectivity index (χ2n) is 4.52. The topological polar surface area (TPSA) is 41.6 Å². The van der Waals surface area contributed by atoms with Crippen molar-refractivity contribution in [2.45, 2.75) is 25.3 Å².